The molecule has 0 aromatic heterocycles. The molecule has 0 amide bonds. The quantitative estimate of drug-likeness (QED) is 0.371. The molecule has 6 rings (SSSR count). The van der Waals surface area contributed by atoms with Gasteiger partial charge in [0, 0.05) is 57.8 Å². The summed E-state index contributed by atoms with van der Waals surface area (Å²) in [6.07, 6.45) is 4.89. The fourth-order valence-corrected chi connectivity index (χ4v) is 6.58. The Bertz CT molecular complexity index is 1310. The van der Waals surface area contributed by atoms with Gasteiger partial charge in [0.25, 0.3) is 0 Å². The summed E-state index contributed by atoms with van der Waals surface area (Å²) < 4.78 is 23.4. The zero-order valence-corrected chi connectivity index (χ0v) is 24.3. The van der Waals surface area contributed by atoms with Crippen molar-refractivity contribution in [3.05, 3.63) is 82.9 Å². The molecule has 3 aromatic carbocycles. The third kappa shape index (κ3) is 6.48. The van der Waals surface area contributed by atoms with Crippen LogP contribution in [0.1, 0.15) is 47.4 Å². The van der Waals surface area contributed by atoms with Gasteiger partial charge in [0.15, 0.2) is 5.79 Å². The number of phenols is 1. The molecule has 0 bridgehead atoms. The van der Waals surface area contributed by atoms with Gasteiger partial charge in [-0.1, -0.05) is 24.3 Å². The van der Waals surface area contributed by atoms with E-state index in [1.807, 2.05) is 6.07 Å². The first-order valence-electron chi connectivity index (χ1n) is 14.9. The number of benzene rings is 3. The van der Waals surface area contributed by atoms with Crippen LogP contribution in [-0.2, 0) is 28.9 Å². The molecule has 218 valence electrons. The second-order valence-electron chi connectivity index (χ2n) is 11.6. The number of aryl methyl sites for hydroxylation is 1. The monoisotopic (exact) mass is 558 g/mol. The fraction of sp³-hybridized carbons (Fsp3) is 0.471. The van der Waals surface area contributed by atoms with E-state index in [0.717, 1.165) is 83.0 Å². The van der Waals surface area contributed by atoms with Gasteiger partial charge in [-0.3, -0.25) is 4.90 Å². The molecule has 1 unspecified atom stereocenters. The van der Waals surface area contributed by atoms with E-state index in [1.54, 1.807) is 13.2 Å². The second kappa shape index (κ2) is 12.3. The highest BCUT2D eigenvalue weighted by atomic mass is 16.7. The van der Waals surface area contributed by atoms with Crippen LogP contribution in [0.15, 0.2) is 60.7 Å². The lowest BCUT2D eigenvalue weighted by Crippen LogP contribution is -2.46. The van der Waals surface area contributed by atoms with Gasteiger partial charge in [-0.25, -0.2) is 0 Å². The molecule has 2 saturated heterocycles. The zero-order chi connectivity index (χ0) is 28.2. The average molecular weight is 559 g/mol. The predicted molar refractivity (Wildman–Crippen MR) is 160 cm³/mol. The van der Waals surface area contributed by atoms with E-state index in [0.29, 0.717) is 18.3 Å². The predicted octanol–water partition coefficient (Wildman–Crippen LogP) is 5.53. The van der Waals surface area contributed by atoms with Crippen molar-refractivity contribution < 1.29 is 24.1 Å². The van der Waals surface area contributed by atoms with E-state index in [1.165, 1.54) is 27.9 Å². The number of anilines is 1. The van der Waals surface area contributed by atoms with Gasteiger partial charge < -0.3 is 29.0 Å². The second-order valence-corrected chi connectivity index (χ2v) is 11.6. The number of rotatable bonds is 9. The Morgan fingerprint density at radius 1 is 0.951 bits per heavy atom. The van der Waals surface area contributed by atoms with E-state index in [4.69, 9.17) is 18.9 Å². The van der Waals surface area contributed by atoms with Gasteiger partial charge in [0.1, 0.15) is 23.9 Å². The van der Waals surface area contributed by atoms with Crippen LogP contribution < -0.4 is 14.4 Å². The van der Waals surface area contributed by atoms with Gasteiger partial charge in [-0.05, 0) is 77.8 Å². The van der Waals surface area contributed by atoms with Gasteiger partial charge in [-0.15, -0.1) is 0 Å². The Kier molecular flexibility index (Phi) is 8.37. The molecular weight excluding hydrogens is 516 g/mol. The maximum atomic E-state index is 9.89. The van der Waals surface area contributed by atoms with E-state index in [9.17, 15) is 5.11 Å². The number of phenolic OH excluding ortho intramolecular Hbond substituents is 1. The van der Waals surface area contributed by atoms with Crippen LogP contribution in [0.5, 0.6) is 17.2 Å². The molecular formula is C34H42N2O5. The Labute approximate surface area is 243 Å². The molecule has 41 heavy (non-hydrogen) atoms. The Morgan fingerprint density at radius 3 is 2.46 bits per heavy atom. The highest BCUT2D eigenvalue weighted by Gasteiger charge is 2.39. The minimum Gasteiger partial charge on any atom is -0.508 e. The van der Waals surface area contributed by atoms with Crippen LogP contribution >= 0.6 is 0 Å². The minimum atomic E-state index is -0.321. The summed E-state index contributed by atoms with van der Waals surface area (Å²) in [6.45, 7) is 5.78. The van der Waals surface area contributed by atoms with Crippen molar-refractivity contribution in [2.75, 3.05) is 58.5 Å². The Morgan fingerprint density at radius 2 is 1.71 bits per heavy atom. The summed E-state index contributed by atoms with van der Waals surface area (Å²) >= 11 is 0. The smallest absolute Gasteiger partial charge is 0.170 e. The Hall–Kier alpha value is -3.26. The lowest BCUT2D eigenvalue weighted by molar-refractivity contribution is -0.185. The third-order valence-electron chi connectivity index (χ3n) is 8.96. The number of likely N-dealkylation sites (tertiary alicyclic amines) is 1. The molecule has 2 fully saturated rings. The molecule has 3 aromatic rings. The fourth-order valence-electron chi connectivity index (χ4n) is 6.58. The van der Waals surface area contributed by atoms with Crippen molar-refractivity contribution in [2.24, 2.45) is 0 Å². The first-order valence-corrected chi connectivity index (χ1v) is 14.9. The molecule has 2 aliphatic heterocycles. The number of aromatic hydroxyl groups is 1. The lowest BCUT2D eigenvalue weighted by atomic mass is 9.79. The number of fused-ring (bicyclic) bond motifs is 1. The first-order chi connectivity index (χ1) is 20.0. The standard InChI is InChI=1S/C34H42N2O5/c1-35(33-23-31(38-2)11-12-32(33)28-6-5-27-22-29(37)8-7-26(27)21-28)24-25-3-9-30(10-4-25)39-18-17-36-15-13-34(14-16-36)40-19-20-41-34/h3-4,7-12,22-23,28,37H,5-6,13-21,24H2,1-2H3. The summed E-state index contributed by atoms with van der Waals surface area (Å²) in [6, 6.07) is 20.7. The van der Waals surface area contributed by atoms with Crippen molar-refractivity contribution in [3.8, 4) is 17.2 Å². The normalized spacial score (nSPS) is 20.1. The van der Waals surface area contributed by atoms with Crippen LogP contribution in [-0.4, -0.2) is 69.4 Å². The van der Waals surface area contributed by atoms with Crippen LogP contribution in [0.4, 0.5) is 5.69 Å². The molecule has 1 atom stereocenters. The molecule has 1 spiro atoms. The molecule has 1 N–H and O–H groups in total. The van der Waals surface area contributed by atoms with Crippen LogP contribution in [0, 0.1) is 0 Å². The van der Waals surface area contributed by atoms with Crippen molar-refractivity contribution in [1.29, 1.82) is 0 Å². The largest absolute Gasteiger partial charge is 0.508 e. The minimum absolute atomic E-state index is 0.321. The van der Waals surface area contributed by atoms with Gasteiger partial charge >= 0.3 is 0 Å². The SMILES string of the molecule is COc1ccc(C2CCc3cc(O)ccc3C2)c(N(C)Cc2ccc(OCCN3CCC4(CC3)OCCO4)cc2)c1. The van der Waals surface area contributed by atoms with Crippen LogP contribution in [0.25, 0.3) is 0 Å². The van der Waals surface area contributed by atoms with E-state index in [2.05, 4.69) is 65.4 Å². The molecule has 2 heterocycles. The molecule has 0 radical (unpaired) electrons. The van der Waals surface area contributed by atoms with Crippen molar-refractivity contribution >= 4 is 5.69 Å². The van der Waals surface area contributed by atoms with Crippen molar-refractivity contribution in [2.45, 2.75) is 50.4 Å². The summed E-state index contributed by atoms with van der Waals surface area (Å²) in [4.78, 5) is 4.75. The summed E-state index contributed by atoms with van der Waals surface area (Å²) in [5, 5.41) is 9.89. The third-order valence-corrected chi connectivity index (χ3v) is 8.96. The van der Waals surface area contributed by atoms with Crippen LogP contribution in [0.3, 0.4) is 0 Å². The van der Waals surface area contributed by atoms with Gasteiger partial charge in [-0.2, -0.15) is 0 Å². The molecule has 7 heteroatoms. The number of methoxy groups -OCH3 is 1. The Balaban J connectivity index is 1.05. The van der Waals surface area contributed by atoms with Crippen LogP contribution in [0.2, 0.25) is 0 Å². The number of hydrogen-bond acceptors (Lipinski definition) is 7. The summed E-state index contributed by atoms with van der Waals surface area (Å²) in [5.41, 5.74) is 6.39. The van der Waals surface area contributed by atoms with Crippen molar-refractivity contribution in [3.63, 3.8) is 0 Å². The van der Waals surface area contributed by atoms with Gasteiger partial charge in [0.05, 0.1) is 20.3 Å². The van der Waals surface area contributed by atoms with E-state index >= 15 is 0 Å². The molecule has 0 saturated carbocycles. The molecule has 1 aliphatic carbocycles. The molecule has 3 aliphatic rings. The van der Waals surface area contributed by atoms with Gasteiger partial charge in [0.2, 0.25) is 0 Å². The number of ether oxygens (including phenoxy) is 4. The average Bonchev–Trinajstić information content (AvgIpc) is 3.46. The lowest BCUT2D eigenvalue weighted by Gasteiger charge is -2.37. The number of hydrogen-bond donors (Lipinski definition) is 1. The highest BCUT2D eigenvalue weighted by molar-refractivity contribution is 5.59. The number of piperidine rings is 1. The topological polar surface area (TPSA) is 63.6 Å². The van der Waals surface area contributed by atoms with Crippen molar-refractivity contribution in [1.82, 2.24) is 4.90 Å². The molecule has 7 nitrogen and oxygen atoms in total. The number of nitrogens with zero attached hydrogens (tertiary/aromatic N) is 2. The first kappa shape index (κ1) is 27.9. The van der Waals surface area contributed by atoms with E-state index < -0.39 is 0 Å². The maximum absolute atomic E-state index is 9.89. The zero-order valence-electron chi connectivity index (χ0n) is 24.3. The maximum Gasteiger partial charge on any atom is 0.170 e. The highest BCUT2D eigenvalue weighted by Crippen LogP contribution is 2.40. The summed E-state index contributed by atoms with van der Waals surface area (Å²) in [7, 11) is 3.88. The summed E-state index contributed by atoms with van der Waals surface area (Å²) in [5.74, 6) is 2.23. The van der Waals surface area contributed by atoms with E-state index in [-0.39, 0.29) is 5.79 Å².